The second-order valence-electron chi connectivity index (χ2n) is 7.84. The number of hydrogen-bond acceptors (Lipinski definition) is 3. The average Bonchev–Trinajstić information content (AvgIpc) is 2.83. The van der Waals surface area contributed by atoms with Gasteiger partial charge < -0.3 is 10.2 Å². The Morgan fingerprint density at radius 3 is 2.41 bits per heavy atom. The molecule has 34 heavy (non-hydrogen) atoms. The molecule has 1 atom stereocenters. The van der Waals surface area contributed by atoms with Crippen LogP contribution in [0.2, 0.25) is 5.02 Å². The first-order chi connectivity index (χ1) is 16.5. The van der Waals surface area contributed by atoms with E-state index >= 15 is 0 Å². The van der Waals surface area contributed by atoms with Gasteiger partial charge in [0.05, 0.1) is 5.75 Å². The standard InChI is InChI=1S/C27H28ClFN2O2S/c1-2-30-27(33)25(16-20-9-4-3-5-10-20)31(17-21-11-8-13-23(28)15-21)26(32)19-34-18-22-12-6-7-14-24(22)29/h3-15,25H,2,16-19H2,1H3,(H,30,33)/t25-/m0/s1. The Hall–Kier alpha value is -2.83. The van der Waals surface area contributed by atoms with Gasteiger partial charge in [-0.15, -0.1) is 11.8 Å². The molecule has 3 rings (SSSR count). The highest BCUT2D eigenvalue weighted by atomic mass is 35.5. The fourth-order valence-corrected chi connectivity index (χ4v) is 4.73. The van der Waals surface area contributed by atoms with E-state index < -0.39 is 6.04 Å². The summed E-state index contributed by atoms with van der Waals surface area (Å²) in [5.41, 5.74) is 2.34. The number of thioether (sulfide) groups is 1. The number of carbonyl (C=O) groups is 2. The van der Waals surface area contributed by atoms with Crippen molar-refractivity contribution < 1.29 is 14.0 Å². The smallest absolute Gasteiger partial charge is 0.243 e. The van der Waals surface area contributed by atoms with Gasteiger partial charge in [-0.05, 0) is 41.8 Å². The van der Waals surface area contributed by atoms with Crippen LogP contribution in [0.15, 0.2) is 78.9 Å². The van der Waals surface area contributed by atoms with Crippen LogP contribution in [0.5, 0.6) is 0 Å². The molecule has 0 spiro atoms. The van der Waals surface area contributed by atoms with E-state index in [0.717, 1.165) is 11.1 Å². The Balaban J connectivity index is 1.83. The van der Waals surface area contributed by atoms with Gasteiger partial charge in [-0.1, -0.05) is 72.3 Å². The third kappa shape index (κ3) is 7.61. The van der Waals surface area contributed by atoms with Gasteiger partial charge in [0.1, 0.15) is 11.9 Å². The molecule has 0 aliphatic heterocycles. The number of halogens is 2. The number of rotatable bonds is 11. The first-order valence-corrected chi connectivity index (χ1v) is 12.7. The highest BCUT2D eigenvalue weighted by molar-refractivity contribution is 7.99. The number of carbonyl (C=O) groups excluding carboxylic acids is 2. The molecule has 7 heteroatoms. The summed E-state index contributed by atoms with van der Waals surface area (Å²) in [6, 6.07) is 22.8. The van der Waals surface area contributed by atoms with Crippen LogP contribution in [0, 0.1) is 5.82 Å². The average molecular weight is 499 g/mol. The van der Waals surface area contributed by atoms with Crippen LogP contribution in [-0.4, -0.2) is 35.1 Å². The molecular formula is C27H28ClFN2O2S. The van der Waals surface area contributed by atoms with Gasteiger partial charge in [-0.3, -0.25) is 9.59 Å². The van der Waals surface area contributed by atoms with Gasteiger partial charge in [0, 0.05) is 30.3 Å². The maximum atomic E-state index is 14.0. The molecule has 3 aromatic carbocycles. The second-order valence-corrected chi connectivity index (χ2v) is 9.26. The fraction of sp³-hybridized carbons (Fsp3) is 0.259. The van der Waals surface area contributed by atoms with Crippen LogP contribution in [0.4, 0.5) is 4.39 Å². The second kappa shape index (κ2) is 13.2. The van der Waals surface area contributed by atoms with Crippen LogP contribution in [0.1, 0.15) is 23.6 Å². The molecule has 0 aliphatic rings. The predicted molar refractivity (Wildman–Crippen MR) is 137 cm³/mol. The van der Waals surface area contributed by atoms with Gasteiger partial charge in [0.15, 0.2) is 0 Å². The minimum atomic E-state index is -0.692. The Labute approximate surface area is 209 Å². The maximum Gasteiger partial charge on any atom is 0.243 e. The summed E-state index contributed by atoms with van der Waals surface area (Å²) in [7, 11) is 0. The topological polar surface area (TPSA) is 49.4 Å². The van der Waals surface area contributed by atoms with Crippen molar-refractivity contribution in [2.24, 2.45) is 0 Å². The molecule has 2 amide bonds. The summed E-state index contributed by atoms with van der Waals surface area (Å²) in [5, 5.41) is 3.44. The third-order valence-corrected chi connectivity index (χ3v) is 6.51. The zero-order valence-corrected chi connectivity index (χ0v) is 20.6. The number of nitrogens with one attached hydrogen (secondary N) is 1. The van der Waals surface area contributed by atoms with Crippen molar-refractivity contribution >= 4 is 35.2 Å². The fourth-order valence-electron chi connectivity index (χ4n) is 3.62. The highest BCUT2D eigenvalue weighted by Gasteiger charge is 2.30. The lowest BCUT2D eigenvalue weighted by atomic mass is 10.0. The minimum absolute atomic E-state index is 0.125. The SMILES string of the molecule is CCNC(=O)[C@H](Cc1ccccc1)N(Cc1cccc(Cl)c1)C(=O)CSCc1ccccc1F. The Morgan fingerprint density at radius 2 is 1.71 bits per heavy atom. The summed E-state index contributed by atoms with van der Waals surface area (Å²) < 4.78 is 14.0. The first-order valence-electron chi connectivity index (χ1n) is 11.1. The van der Waals surface area contributed by atoms with Gasteiger partial charge in [0.2, 0.25) is 11.8 Å². The highest BCUT2D eigenvalue weighted by Crippen LogP contribution is 2.20. The molecule has 3 aromatic rings. The number of amides is 2. The molecule has 0 bridgehead atoms. The zero-order valence-electron chi connectivity index (χ0n) is 19.0. The van der Waals surface area contributed by atoms with Crippen molar-refractivity contribution in [3.8, 4) is 0 Å². The normalized spacial score (nSPS) is 11.6. The number of nitrogens with zero attached hydrogens (tertiary/aromatic N) is 1. The lowest BCUT2D eigenvalue weighted by molar-refractivity contribution is -0.139. The molecule has 4 nitrogen and oxygen atoms in total. The van der Waals surface area contributed by atoms with Gasteiger partial charge in [-0.25, -0.2) is 4.39 Å². The first kappa shape index (κ1) is 25.8. The molecule has 178 valence electrons. The van der Waals surface area contributed by atoms with Gasteiger partial charge in [-0.2, -0.15) is 0 Å². The van der Waals surface area contributed by atoms with E-state index in [0.29, 0.717) is 29.3 Å². The van der Waals surface area contributed by atoms with Crippen molar-refractivity contribution in [2.45, 2.75) is 31.7 Å². The molecule has 0 aromatic heterocycles. The molecule has 0 fully saturated rings. The van der Waals surface area contributed by atoms with E-state index in [4.69, 9.17) is 11.6 Å². The van der Waals surface area contributed by atoms with Crippen LogP contribution in [0.3, 0.4) is 0 Å². The molecule has 0 heterocycles. The summed E-state index contributed by atoms with van der Waals surface area (Å²) in [4.78, 5) is 28.2. The molecular weight excluding hydrogens is 471 g/mol. The molecule has 0 saturated heterocycles. The molecule has 0 radical (unpaired) electrons. The summed E-state index contributed by atoms with van der Waals surface area (Å²) in [6.07, 6.45) is 0.386. The van der Waals surface area contributed by atoms with E-state index in [1.54, 1.807) is 35.2 Å². The van der Waals surface area contributed by atoms with Crippen molar-refractivity contribution in [3.05, 3.63) is 106 Å². The quantitative estimate of drug-likeness (QED) is 0.380. The molecule has 0 saturated carbocycles. The van der Waals surface area contributed by atoms with E-state index in [9.17, 15) is 14.0 Å². The van der Waals surface area contributed by atoms with E-state index in [2.05, 4.69) is 5.32 Å². The maximum absolute atomic E-state index is 14.0. The monoisotopic (exact) mass is 498 g/mol. The zero-order chi connectivity index (χ0) is 24.3. The molecule has 0 aliphatic carbocycles. The lowest BCUT2D eigenvalue weighted by Gasteiger charge is -2.31. The van der Waals surface area contributed by atoms with Crippen molar-refractivity contribution in [1.29, 1.82) is 0 Å². The van der Waals surface area contributed by atoms with Crippen LogP contribution >= 0.6 is 23.4 Å². The van der Waals surface area contributed by atoms with E-state index in [-0.39, 0.29) is 29.9 Å². The van der Waals surface area contributed by atoms with Crippen molar-refractivity contribution in [3.63, 3.8) is 0 Å². The predicted octanol–water partition coefficient (Wildman–Crippen LogP) is 5.49. The van der Waals surface area contributed by atoms with E-state index in [1.807, 2.05) is 49.4 Å². The summed E-state index contributed by atoms with van der Waals surface area (Å²) in [5.74, 6) is -0.190. The largest absolute Gasteiger partial charge is 0.355 e. The third-order valence-electron chi connectivity index (χ3n) is 5.30. The number of benzene rings is 3. The lowest BCUT2D eigenvalue weighted by Crippen LogP contribution is -2.51. The minimum Gasteiger partial charge on any atom is -0.355 e. The van der Waals surface area contributed by atoms with Crippen LogP contribution in [-0.2, 0) is 28.3 Å². The Bertz CT molecular complexity index is 1100. The Morgan fingerprint density at radius 1 is 1.00 bits per heavy atom. The number of hydrogen-bond donors (Lipinski definition) is 1. The Kier molecular flexibility index (Phi) is 9.98. The van der Waals surface area contributed by atoms with Crippen molar-refractivity contribution in [2.75, 3.05) is 12.3 Å². The van der Waals surface area contributed by atoms with Crippen molar-refractivity contribution in [1.82, 2.24) is 10.2 Å². The van der Waals surface area contributed by atoms with Crippen LogP contribution in [0.25, 0.3) is 0 Å². The van der Waals surface area contributed by atoms with Crippen LogP contribution < -0.4 is 5.32 Å². The summed E-state index contributed by atoms with van der Waals surface area (Å²) in [6.45, 7) is 2.56. The van der Waals surface area contributed by atoms with Gasteiger partial charge in [0.25, 0.3) is 0 Å². The van der Waals surface area contributed by atoms with E-state index in [1.165, 1.54) is 17.8 Å². The summed E-state index contributed by atoms with van der Waals surface area (Å²) >= 11 is 7.50. The number of likely N-dealkylation sites (N-methyl/N-ethyl adjacent to an activating group) is 1. The molecule has 0 unspecified atom stereocenters. The van der Waals surface area contributed by atoms with Gasteiger partial charge >= 0.3 is 0 Å². The molecule has 1 N–H and O–H groups in total.